The SMILES string of the molecule is CN(C)CCOCCNC(=O)NC1(CC(=O)O)CCC1. The molecule has 7 heteroatoms. The average Bonchev–Trinajstić information content (AvgIpc) is 2.29. The first-order chi connectivity index (χ1) is 9.43. The second kappa shape index (κ2) is 8.06. The highest BCUT2D eigenvalue weighted by molar-refractivity contribution is 5.77. The van der Waals surface area contributed by atoms with Crippen molar-refractivity contribution >= 4 is 12.0 Å². The van der Waals surface area contributed by atoms with Crippen LogP contribution in [0.5, 0.6) is 0 Å². The number of hydrogen-bond donors (Lipinski definition) is 3. The third-order valence-electron chi connectivity index (χ3n) is 3.39. The van der Waals surface area contributed by atoms with E-state index in [1.54, 1.807) is 0 Å². The normalized spacial score (nSPS) is 16.6. The van der Waals surface area contributed by atoms with Crippen LogP contribution in [0.1, 0.15) is 25.7 Å². The van der Waals surface area contributed by atoms with E-state index >= 15 is 0 Å². The fraction of sp³-hybridized carbons (Fsp3) is 0.846. The summed E-state index contributed by atoms with van der Waals surface area (Å²) in [6, 6.07) is -0.317. The molecule has 0 bridgehead atoms. The molecule has 0 aromatic heterocycles. The Morgan fingerprint density at radius 1 is 1.30 bits per heavy atom. The zero-order valence-corrected chi connectivity index (χ0v) is 12.3. The number of aliphatic carboxylic acids is 1. The van der Waals surface area contributed by atoms with E-state index in [-0.39, 0.29) is 12.5 Å². The molecule has 0 atom stereocenters. The van der Waals surface area contributed by atoms with Crippen LogP contribution in [0.3, 0.4) is 0 Å². The molecule has 0 radical (unpaired) electrons. The summed E-state index contributed by atoms with van der Waals surface area (Å²) in [5.74, 6) is -0.878. The third-order valence-corrected chi connectivity index (χ3v) is 3.39. The summed E-state index contributed by atoms with van der Waals surface area (Å²) in [4.78, 5) is 24.5. The van der Waals surface area contributed by atoms with Crippen LogP contribution >= 0.6 is 0 Å². The number of ether oxygens (including phenoxy) is 1. The summed E-state index contributed by atoms with van der Waals surface area (Å²) in [5, 5.41) is 14.3. The van der Waals surface area contributed by atoms with E-state index in [9.17, 15) is 9.59 Å². The zero-order valence-electron chi connectivity index (χ0n) is 12.3. The van der Waals surface area contributed by atoms with Gasteiger partial charge in [0.05, 0.1) is 25.2 Å². The second-order valence-electron chi connectivity index (χ2n) is 5.50. The maximum Gasteiger partial charge on any atom is 0.315 e. The lowest BCUT2D eigenvalue weighted by Crippen LogP contribution is -2.57. The van der Waals surface area contributed by atoms with Crippen LogP contribution < -0.4 is 10.6 Å². The van der Waals surface area contributed by atoms with Crippen molar-refractivity contribution in [3.63, 3.8) is 0 Å². The number of carboxylic acid groups (broad SMARTS) is 1. The molecule has 1 aliphatic rings. The highest BCUT2D eigenvalue weighted by Gasteiger charge is 2.40. The lowest BCUT2D eigenvalue weighted by Gasteiger charge is -2.41. The van der Waals surface area contributed by atoms with Crippen molar-refractivity contribution in [3.8, 4) is 0 Å². The van der Waals surface area contributed by atoms with Crippen molar-refractivity contribution in [1.29, 1.82) is 0 Å². The molecule has 116 valence electrons. The van der Waals surface area contributed by atoms with Crippen LogP contribution in [-0.2, 0) is 9.53 Å². The molecule has 7 nitrogen and oxygen atoms in total. The van der Waals surface area contributed by atoms with Crippen LogP contribution in [0.4, 0.5) is 4.79 Å². The fourth-order valence-corrected chi connectivity index (χ4v) is 2.11. The highest BCUT2D eigenvalue weighted by Crippen LogP contribution is 2.34. The quantitative estimate of drug-likeness (QED) is 0.529. The minimum atomic E-state index is -0.878. The van der Waals surface area contributed by atoms with Gasteiger partial charge in [-0.1, -0.05) is 0 Å². The summed E-state index contributed by atoms with van der Waals surface area (Å²) in [6.45, 7) is 2.34. The summed E-state index contributed by atoms with van der Waals surface area (Å²) in [6.07, 6.45) is 2.40. The van der Waals surface area contributed by atoms with Crippen LogP contribution in [0, 0.1) is 0 Å². The number of carbonyl (C=O) groups excluding carboxylic acids is 1. The molecule has 0 saturated heterocycles. The van der Waals surface area contributed by atoms with Gasteiger partial charge in [-0.25, -0.2) is 4.79 Å². The Kier molecular flexibility index (Phi) is 6.74. The van der Waals surface area contributed by atoms with E-state index in [2.05, 4.69) is 10.6 Å². The van der Waals surface area contributed by atoms with Gasteiger partial charge in [0, 0.05) is 13.1 Å². The summed E-state index contributed by atoms with van der Waals surface area (Å²) < 4.78 is 5.35. The molecule has 1 fully saturated rings. The summed E-state index contributed by atoms with van der Waals surface area (Å²) >= 11 is 0. The number of carbonyl (C=O) groups is 2. The van der Waals surface area contributed by atoms with Gasteiger partial charge in [-0.05, 0) is 33.4 Å². The number of rotatable bonds is 9. The Balaban J connectivity index is 2.12. The molecule has 1 aliphatic carbocycles. The van der Waals surface area contributed by atoms with Crippen molar-refractivity contribution in [1.82, 2.24) is 15.5 Å². The van der Waals surface area contributed by atoms with Gasteiger partial charge in [-0.2, -0.15) is 0 Å². The topological polar surface area (TPSA) is 90.9 Å². The molecule has 20 heavy (non-hydrogen) atoms. The van der Waals surface area contributed by atoms with E-state index in [1.807, 2.05) is 19.0 Å². The lowest BCUT2D eigenvalue weighted by atomic mass is 9.74. The summed E-state index contributed by atoms with van der Waals surface area (Å²) in [7, 11) is 3.94. The molecular weight excluding hydrogens is 262 g/mol. The number of hydrogen-bond acceptors (Lipinski definition) is 4. The number of amides is 2. The minimum absolute atomic E-state index is 0.0141. The van der Waals surface area contributed by atoms with Crippen LogP contribution in [0.15, 0.2) is 0 Å². The molecule has 1 saturated carbocycles. The van der Waals surface area contributed by atoms with Crippen molar-refractivity contribution in [2.24, 2.45) is 0 Å². The molecule has 0 spiro atoms. The summed E-state index contributed by atoms with van der Waals surface area (Å²) in [5.41, 5.74) is -0.554. The molecular formula is C13H25N3O4. The van der Waals surface area contributed by atoms with Gasteiger partial charge < -0.3 is 25.4 Å². The maximum atomic E-state index is 11.7. The molecule has 0 unspecified atom stereocenters. The monoisotopic (exact) mass is 287 g/mol. The van der Waals surface area contributed by atoms with Gasteiger partial charge >= 0.3 is 12.0 Å². The van der Waals surface area contributed by atoms with Crippen molar-refractivity contribution in [3.05, 3.63) is 0 Å². The molecule has 0 heterocycles. The molecule has 1 rings (SSSR count). The van der Waals surface area contributed by atoms with Gasteiger partial charge in [0.2, 0.25) is 0 Å². The number of nitrogens with one attached hydrogen (secondary N) is 2. The average molecular weight is 287 g/mol. The molecule has 0 aromatic carbocycles. The lowest BCUT2D eigenvalue weighted by molar-refractivity contribution is -0.139. The number of carboxylic acids is 1. The number of likely N-dealkylation sites (N-methyl/N-ethyl adjacent to an activating group) is 1. The molecule has 2 amide bonds. The largest absolute Gasteiger partial charge is 0.481 e. The van der Waals surface area contributed by atoms with Crippen molar-refractivity contribution < 1.29 is 19.4 Å². The van der Waals surface area contributed by atoms with E-state index in [0.717, 1.165) is 25.8 Å². The van der Waals surface area contributed by atoms with Gasteiger partial charge in [-0.15, -0.1) is 0 Å². The fourth-order valence-electron chi connectivity index (χ4n) is 2.11. The van der Waals surface area contributed by atoms with E-state index in [1.165, 1.54) is 0 Å². The van der Waals surface area contributed by atoms with Gasteiger partial charge in [0.15, 0.2) is 0 Å². The predicted octanol–water partition coefficient (Wildman–Crippen LogP) is 0.261. The standard InChI is InChI=1S/C13H25N3O4/c1-16(2)7-9-20-8-6-14-12(19)15-13(4-3-5-13)10-11(17)18/h3-10H2,1-2H3,(H,17,18)(H2,14,15,19). The van der Waals surface area contributed by atoms with Crippen LogP contribution in [0.2, 0.25) is 0 Å². The van der Waals surface area contributed by atoms with Crippen LogP contribution in [-0.4, -0.2) is 67.9 Å². The first kappa shape index (κ1) is 16.7. The van der Waals surface area contributed by atoms with Gasteiger partial charge in [0.1, 0.15) is 0 Å². The van der Waals surface area contributed by atoms with Crippen molar-refractivity contribution in [2.45, 2.75) is 31.2 Å². The van der Waals surface area contributed by atoms with Gasteiger partial charge in [-0.3, -0.25) is 4.79 Å². The first-order valence-corrected chi connectivity index (χ1v) is 6.94. The van der Waals surface area contributed by atoms with E-state index in [4.69, 9.17) is 9.84 Å². The number of urea groups is 1. The van der Waals surface area contributed by atoms with E-state index < -0.39 is 11.5 Å². The Hall–Kier alpha value is -1.34. The number of nitrogens with zero attached hydrogens (tertiary/aromatic N) is 1. The zero-order chi connectivity index (χ0) is 15.0. The highest BCUT2D eigenvalue weighted by atomic mass is 16.5. The third kappa shape index (κ3) is 6.21. The Morgan fingerprint density at radius 3 is 2.50 bits per heavy atom. The second-order valence-corrected chi connectivity index (χ2v) is 5.50. The van der Waals surface area contributed by atoms with Crippen LogP contribution in [0.25, 0.3) is 0 Å². The molecule has 0 aromatic rings. The predicted molar refractivity (Wildman–Crippen MR) is 74.7 cm³/mol. The van der Waals surface area contributed by atoms with Gasteiger partial charge in [0.25, 0.3) is 0 Å². The maximum absolute atomic E-state index is 11.7. The first-order valence-electron chi connectivity index (χ1n) is 6.94. The van der Waals surface area contributed by atoms with Crippen molar-refractivity contribution in [2.75, 3.05) is 40.4 Å². The Morgan fingerprint density at radius 2 is 2.00 bits per heavy atom. The molecule has 3 N–H and O–H groups in total. The smallest absolute Gasteiger partial charge is 0.315 e. The molecule has 0 aliphatic heterocycles. The Labute approximate surface area is 119 Å². The Bertz CT molecular complexity index is 330. The minimum Gasteiger partial charge on any atom is -0.481 e. The van der Waals surface area contributed by atoms with E-state index in [0.29, 0.717) is 19.8 Å².